The maximum Gasteiger partial charge on any atom is 0.243 e. The third kappa shape index (κ3) is 5.65. The number of nitrogens with one attached hydrogen (secondary N) is 1. The summed E-state index contributed by atoms with van der Waals surface area (Å²) in [5.74, 6) is 0.000171. The first-order valence-electron chi connectivity index (χ1n) is 9.97. The van der Waals surface area contributed by atoms with Crippen LogP contribution in [-0.4, -0.2) is 56.3 Å². The Labute approximate surface area is 173 Å². The van der Waals surface area contributed by atoms with Crippen molar-refractivity contribution in [2.75, 3.05) is 32.7 Å². The van der Waals surface area contributed by atoms with Crippen LogP contribution < -0.4 is 5.32 Å². The van der Waals surface area contributed by atoms with Crippen LogP contribution in [0.5, 0.6) is 0 Å². The van der Waals surface area contributed by atoms with Crippen molar-refractivity contribution in [3.05, 3.63) is 65.2 Å². The van der Waals surface area contributed by atoms with Crippen molar-refractivity contribution in [3.8, 4) is 0 Å². The number of piperazine rings is 1. The number of amides is 1. The SMILES string of the molecule is Cc1cccc(CN(CCC(=O)N2CCNCC2)S(=O)(=O)c2cccc(C)c2)c1. The van der Waals surface area contributed by atoms with Gasteiger partial charge in [0.2, 0.25) is 15.9 Å². The fraction of sp³-hybridized carbons (Fsp3) is 0.409. The van der Waals surface area contributed by atoms with Crippen LogP contribution in [0.15, 0.2) is 53.4 Å². The van der Waals surface area contributed by atoms with Gasteiger partial charge in [0.05, 0.1) is 4.90 Å². The Morgan fingerprint density at radius 1 is 1.03 bits per heavy atom. The summed E-state index contributed by atoms with van der Waals surface area (Å²) in [6.45, 7) is 7.15. The fourth-order valence-corrected chi connectivity index (χ4v) is 5.05. The summed E-state index contributed by atoms with van der Waals surface area (Å²) in [5, 5.41) is 3.22. The van der Waals surface area contributed by atoms with Crippen molar-refractivity contribution in [2.24, 2.45) is 0 Å². The maximum atomic E-state index is 13.4. The minimum Gasteiger partial charge on any atom is -0.340 e. The number of carbonyl (C=O) groups is 1. The van der Waals surface area contributed by atoms with Gasteiger partial charge in [-0.3, -0.25) is 4.79 Å². The molecule has 6 nitrogen and oxygen atoms in total. The fourth-order valence-electron chi connectivity index (χ4n) is 3.52. The average Bonchev–Trinajstić information content (AvgIpc) is 2.71. The third-order valence-electron chi connectivity index (χ3n) is 5.11. The van der Waals surface area contributed by atoms with Crippen LogP contribution in [0.1, 0.15) is 23.1 Å². The largest absolute Gasteiger partial charge is 0.340 e. The predicted octanol–water partition coefficient (Wildman–Crippen LogP) is 2.32. The minimum absolute atomic E-state index is 0.000171. The smallest absolute Gasteiger partial charge is 0.243 e. The molecule has 29 heavy (non-hydrogen) atoms. The summed E-state index contributed by atoms with van der Waals surface area (Å²) < 4.78 is 28.1. The molecule has 1 aliphatic rings. The Hall–Kier alpha value is -2.22. The molecule has 2 aromatic carbocycles. The maximum absolute atomic E-state index is 13.4. The molecule has 0 saturated carbocycles. The van der Waals surface area contributed by atoms with E-state index in [1.54, 1.807) is 23.1 Å². The van der Waals surface area contributed by atoms with Gasteiger partial charge in [0.25, 0.3) is 0 Å². The molecule has 1 heterocycles. The topological polar surface area (TPSA) is 69.7 Å². The number of nitrogens with zero attached hydrogens (tertiary/aromatic N) is 2. The number of benzene rings is 2. The summed E-state index contributed by atoms with van der Waals surface area (Å²) in [5.41, 5.74) is 2.88. The summed E-state index contributed by atoms with van der Waals surface area (Å²) in [6.07, 6.45) is 0.177. The van der Waals surface area contributed by atoms with Crippen molar-refractivity contribution >= 4 is 15.9 Å². The lowest BCUT2D eigenvalue weighted by molar-refractivity contribution is -0.131. The number of aryl methyl sites for hydroxylation is 2. The van der Waals surface area contributed by atoms with Crippen LogP contribution in [0.25, 0.3) is 0 Å². The van der Waals surface area contributed by atoms with Crippen molar-refractivity contribution in [1.29, 1.82) is 0 Å². The summed E-state index contributed by atoms with van der Waals surface area (Å²) in [7, 11) is -3.71. The van der Waals surface area contributed by atoms with E-state index in [2.05, 4.69) is 5.32 Å². The van der Waals surface area contributed by atoms with Crippen molar-refractivity contribution < 1.29 is 13.2 Å². The standard InChI is InChI=1S/C22H29N3O3S/c1-18-5-3-7-20(15-18)17-25(12-9-22(26)24-13-10-23-11-14-24)29(27,28)21-8-4-6-19(2)16-21/h3-8,15-16,23H,9-14,17H2,1-2H3. The Morgan fingerprint density at radius 3 is 2.34 bits per heavy atom. The van der Waals surface area contributed by atoms with Gasteiger partial charge in [-0.05, 0) is 37.1 Å². The van der Waals surface area contributed by atoms with Crippen LogP contribution in [-0.2, 0) is 21.4 Å². The minimum atomic E-state index is -3.71. The Bertz CT molecular complexity index is 953. The monoisotopic (exact) mass is 415 g/mol. The summed E-state index contributed by atoms with van der Waals surface area (Å²) >= 11 is 0. The van der Waals surface area contributed by atoms with Crippen LogP contribution in [0, 0.1) is 13.8 Å². The van der Waals surface area contributed by atoms with Crippen molar-refractivity contribution in [3.63, 3.8) is 0 Å². The zero-order valence-corrected chi connectivity index (χ0v) is 17.9. The van der Waals surface area contributed by atoms with E-state index in [-0.39, 0.29) is 30.3 Å². The normalized spacial score (nSPS) is 14.9. The van der Waals surface area contributed by atoms with Gasteiger partial charge in [-0.2, -0.15) is 4.31 Å². The van der Waals surface area contributed by atoms with E-state index >= 15 is 0 Å². The molecule has 0 aliphatic carbocycles. The van der Waals surface area contributed by atoms with Crippen LogP contribution in [0.2, 0.25) is 0 Å². The van der Waals surface area contributed by atoms with E-state index in [1.807, 2.05) is 44.2 Å². The lowest BCUT2D eigenvalue weighted by Gasteiger charge is -2.29. The molecule has 2 aromatic rings. The Balaban J connectivity index is 1.81. The van der Waals surface area contributed by atoms with Crippen LogP contribution in [0.3, 0.4) is 0 Å². The Kier molecular flexibility index (Phi) is 7.05. The van der Waals surface area contributed by atoms with Gasteiger partial charge in [-0.25, -0.2) is 8.42 Å². The summed E-state index contributed by atoms with van der Waals surface area (Å²) in [4.78, 5) is 14.7. The highest BCUT2D eigenvalue weighted by Crippen LogP contribution is 2.20. The highest BCUT2D eigenvalue weighted by Gasteiger charge is 2.26. The van der Waals surface area contributed by atoms with Gasteiger partial charge >= 0.3 is 0 Å². The molecule has 156 valence electrons. The van der Waals surface area contributed by atoms with E-state index < -0.39 is 10.0 Å². The van der Waals surface area contributed by atoms with E-state index in [9.17, 15) is 13.2 Å². The molecule has 0 aromatic heterocycles. The third-order valence-corrected chi connectivity index (χ3v) is 6.95. The second-order valence-electron chi connectivity index (χ2n) is 7.52. The van der Waals surface area contributed by atoms with Gasteiger partial charge in [-0.1, -0.05) is 42.0 Å². The first-order valence-corrected chi connectivity index (χ1v) is 11.4. The van der Waals surface area contributed by atoms with E-state index in [4.69, 9.17) is 0 Å². The molecule has 1 saturated heterocycles. The lowest BCUT2D eigenvalue weighted by atomic mass is 10.1. The average molecular weight is 416 g/mol. The van der Waals surface area contributed by atoms with Gasteiger partial charge in [0.15, 0.2) is 0 Å². The quantitative estimate of drug-likeness (QED) is 0.754. The van der Waals surface area contributed by atoms with Gasteiger partial charge in [0.1, 0.15) is 0 Å². The van der Waals surface area contributed by atoms with Crippen molar-refractivity contribution in [1.82, 2.24) is 14.5 Å². The molecule has 0 atom stereocenters. The van der Waals surface area contributed by atoms with Crippen molar-refractivity contribution in [2.45, 2.75) is 31.7 Å². The summed E-state index contributed by atoms with van der Waals surface area (Å²) in [6, 6.07) is 14.7. The van der Waals surface area contributed by atoms with Gasteiger partial charge in [0, 0.05) is 45.7 Å². The van der Waals surface area contributed by atoms with Crippen LogP contribution >= 0.6 is 0 Å². The molecule has 0 radical (unpaired) electrons. The van der Waals surface area contributed by atoms with Crippen LogP contribution in [0.4, 0.5) is 0 Å². The molecule has 7 heteroatoms. The second kappa shape index (κ2) is 9.52. The Morgan fingerprint density at radius 2 is 1.69 bits per heavy atom. The zero-order valence-electron chi connectivity index (χ0n) is 17.1. The molecular weight excluding hydrogens is 386 g/mol. The van der Waals surface area contributed by atoms with Gasteiger partial charge < -0.3 is 10.2 Å². The number of hydrogen-bond donors (Lipinski definition) is 1. The lowest BCUT2D eigenvalue weighted by Crippen LogP contribution is -2.47. The molecule has 1 aliphatic heterocycles. The molecule has 1 amide bonds. The van der Waals surface area contributed by atoms with E-state index in [1.165, 1.54) is 4.31 Å². The zero-order chi connectivity index (χ0) is 20.9. The second-order valence-corrected chi connectivity index (χ2v) is 9.46. The molecule has 1 fully saturated rings. The first kappa shape index (κ1) is 21.5. The number of rotatable bonds is 7. The van der Waals surface area contributed by atoms with E-state index in [0.717, 1.165) is 29.8 Å². The first-order chi connectivity index (χ1) is 13.9. The molecule has 0 spiro atoms. The molecule has 0 bridgehead atoms. The highest BCUT2D eigenvalue weighted by molar-refractivity contribution is 7.89. The molecule has 1 N–H and O–H groups in total. The highest BCUT2D eigenvalue weighted by atomic mass is 32.2. The van der Waals surface area contributed by atoms with Gasteiger partial charge in [-0.15, -0.1) is 0 Å². The number of carbonyl (C=O) groups excluding carboxylic acids is 1. The molecular formula is C22H29N3O3S. The van der Waals surface area contributed by atoms with E-state index in [0.29, 0.717) is 13.1 Å². The number of hydrogen-bond acceptors (Lipinski definition) is 4. The molecule has 0 unspecified atom stereocenters. The predicted molar refractivity (Wildman–Crippen MR) is 114 cm³/mol. The number of sulfonamides is 1. The molecule has 3 rings (SSSR count).